The molecule has 0 spiro atoms. The number of hydrogen-bond donors (Lipinski definition) is 1. The Balaban J connectivity index is 1.33. The number of aryl methyl sites for hydroxylation is 1. The molecule has 1 N–H and O–H groups in total. The fourth-order valence-electron chi connectivity index (χ4n) is 5.20. The molecule has 212 valence electrons. The summed E-state index contributed by atoms with van der Waals surface area (Å²) in [6.45, 7) is 1.84. The van der Waals surface area contributed by atoms with E-state index in [9.17, 15) is 9.59 Å². The lowest BCUT2D eigenvalue weighted by atomic mass is 10.0. The van der Waals surface area contributed by atoms with Crippen LogP contribution in [0.4, 0.5) is 0 Å². The summed E-state index contributed by atoms with van der Waals surface area (Å²) in [7, 11) is 0. The number of benzene rings is 2. The van der Waals surface area contributed by atoms with Gasteiger partial charge >= 0.3 is 0 Å². The van der Waals surface area contributed by atoms with Crippen LogP contribution >= 0.6 is 11.6 Å². The summed E-state index contributed by atoms with van der Waals surface area (Å²) in [5, 5.41) is 16.2. The summed E-state index contributed by atoms with van der Waals surface area (Å²) in [5.41, 5.74) is 1.41. The van der Waals surface area contributed by atoms with Crippen molar-refractivity contribution in [1.82, 2.24) is 30.4 Å². The molecule has 1 atom stereocenters. The Hall–Kier alpha value is -4.38. The van der Waals surface area contributed by atoms with Crippen LogP contribution in [-0.2, 0) is 22.7 Å². The summed E-state index contributed by atoms with van der Waals surface area (Å²) in [5.74, 6) is 2.02. The van der Waals surface area contributed by atoms with Crippen molar-refractivity contribution in [3.8, 4) is 23.1 Å². The predicted molar refractivity (Wildman–Crippen MR) is 148 cm³/mol. The van der Waals surface area contributed by atoms with Gasteiger partial charge in [-0.05, 0) is 72.5 Å². The maximum Gasteiger partial charge on any atom is 0.247 e. The summed E-state index contributed by atoms with van der Waals surface area (Å²) < 4.78 is 16.6. The Morgan fingerprint density at radius 1 is 1.07 bits per heavy atom. The van der Waals surface area contributed by atoms with Gasteiger partial charge in [-0.3, -0.25) is 9.59 Å². The highest BCUT2D eigenvalue weighted by atomic mass is 35.5. The minimum absolute atomic E-state index is 0.0658. The van der Waals surface area contributed by atoms with Gasteiger partial charge in [0, 0.05) is 17.6 Å². The Morgan fingerprint density at radius 2 is 1.85 bits per heavy atom. The van der Waals surface area contributed by atoms with Crippen LogP contribution in [0.3, 0.4) is 0 Å². The first-order valence-electron chi connectivity index (χ1n) is 13.5. The molecule has 0 bridgehead atoms. The molecule has 1 fully saturated rings. The Morgan fingerprint density at radius 3 is 2.61 bits per heavy atom. The van der Waals surface area contributed by atoms with Crippen molar-refractivity contribution >= 4 is 23.4 Å². The van der Waals surface area contributed by atoms with Gasteiger partial charge in [-0.1, -0.05) is 42.6 Å². The highest BCUT2D eigenvalue weighted by molar-refractivity contribution is 6.30. The SMILES string of the molecule is Cc1ccc(-c2nnn(CC(=O)N(Cc3ccc4c(c3)OCO4)C(C(=O)NC3CCCC3)c3ccc(Cl)cc3)n2)o1. The third-order valence-corrected chi connectivity index (χ3v) is 7.50. The molecule has 0 saturated heterocycles. The summed E-state index contributed by atoms with van der Waals surface area (Å²) >= 11 is 6.18. The van der Waals surface area contributed by atoms with E-state index < -0.39 is 6.04 Å². The van der Waals surface area contributed by atoms with Gasteiger partial charge in [-0.25, -0.2) is 0 Å². The molecular weight excluding hydrogens is 548 g/mol. The number of rotatable bonds is 9. The Labute approximate surface area is 241 Å². The quantitative estimate of drug-likeness (QED) is 0.310. The first kappa shape index (κ1) is 26.8. The van der Waals surface area contributed by atoms with E-state index in [0.717, 1.165) is 31.2 Å². The number of carbonyl (C=O) groups is 2. The Kier molecular flexibility index (Phi) is 7.60. The first-order chi connectivity index (χ1) is 19.9. The van der Waals surface area contributed by atoms with Crippen LogP contribution in [0.5, 0.6) is 11.5 Å². The minimum atomic E-state index is -0.929. The second kappa shape index (κ2) is 11.6. The van der Waals surface area contributed by atoms with E-state index in [-0.39, 0.29) is 43.6 Å². The number of furan rings is 1. The van der Waals surface area contributed by atoms with E-state index in [4.69, 9.17) is 25.5 Å². The van der Waals surface area contributed by atoms with E-state index in [1.165, 1.54) is 9.70 Å². The average Bonchev–Trinajstić information content (AvgIpc) is 3.77. The van der Waals surface area contributed by atoms with Crippen LogP contribution in [0.15, 0.2) is 59.0 Å². The molecule has 1 aliphatic heterocycles. The molecule has 2 amide bonds. The van der Waals surface area contributed by atoms with Gasteiger partial charge in [-0.15, -0.1) is 10.2 Å². The van der Waals surface area contributed by atoms with Gasteiger partial charge in [0.2, 0.25) is 24.4 Å². The molecule has 2 aromatic heterocycles. The van der Waals surface area contributed by atoms with Gasteiger partial charge in [-0.2, -0.15) is 4.80 Å². The number of halogens is 1. The zero-order valence-corrected chi connectivity index (χ0v) is 23.2. The molecule has 41 heavy (non-hydrogen) atoms. The van der Waals surface area contributed by atoms with E-state index >= 15 is 0 Å². The minimum Gasteiger partial charge on any atom is -0.458 e. The van der Waals surface area contributed by atoms with Gasteiger partial charge in [0.05, 0.1) is 0 Å². The molecule has 6 rings (SSSR count). The van der Waals surface area contributed by atoms with Crippen LogP contribution < -0.4 is 14.8 Å². The van der Waals surface area contributed by atoms with Crippen LogP contribution in [0.25, 0.3) is 11.6 Å². The number of carbonyl (C=O) groups excluding carboxylic acids is 2. The molecular formula is C29H29ClN6O5. The van der Waals surface area contributed by atoms with E-state index in [1.54, 1.807) is 42.5 Å². The average molecular weight is 577 g/mol. The number of nitrogens with one attached hydrogen (secondary N) is 1. The molecule has 2 aliphatic rings. The number of amides is 2. The number of nitrogens with zero attached hydrogens (tertiary/aromatic N) is 5. The summed E-state index contributed by atoms with van der Waals surface area (Å²) in [6.07, 6.45) is 3.94. The van der Waals surface area contributed by atoms with Crippen molar-refractivity contribution < 1.29 is 23.5 Å². The van der Waals surface area contributed by atoms with Crippen LogP contribution in [-0.4, -0.2) is 49.8 Å². The normalized spacial score (nSPS) is 15.2. The number of fused-ring (bicyclic) bond motifs is 1. The summed E-state index contributed by atoms with van der Waals surface area (Å²) in [4.78, 5) is 30.7. The molecule has 12 heteroatoms. The number of tetrazole rings is 1. The smallest absolute Gasteiger partial charge is 0.247 e. The lowest BCUT2D eigenvalue weighted by Gasteiger charge is -2.32. The monoisotopic (exact) mass is 576 g/mol. The van der Waals surface area contributed by atoms with E-state index in [2.05, 4.69) is 20.7 Å². The lowest BCUT2D eigenvalue weighted by Crippen LogP contribution is -2.46. The van der Waals surface area contributed by atoms with Gasteiger partial charge < -0.3 is 24.1 Å². The topological polar surface area (TPSA) is 125 Å². The second-order valence-corrected chi connectivity index (χ2v) is 10.6. The third-order valence-electron chi connectivity index (χ3n) is 7.25. The van der Waals surface area contributed by atoms with E-state index in [0.29, 0.717) is 33.6 Å². The molecule has 1 unspecified atom stereocenters. The van der Waals surface area contributed by atoms with Crippen molar-refractivity contribution in [2.75, 3.05) is 6.79 Å². The first-order valence-corrected chi connectivity index (χ1v) is 13.9. The zero-order valence-electron chi connectivity index (χ0n) is 22.5. The van der Waals surface area contributed by atoms with Crippen LogP contribution in [0.2, 0.25) is 5.02 Å². The van der Waals surface area contributed by atoms with Crippen LogP contribution in [0, 0.1) is 6.92 Å². The Bertz CT molecular complexity index is 1550. The number of aromatic nitrogens is 4. The molecule has 2 aromatic carbocycles. The zero-order chi connectivity index (χ0) is 28.3. The lowest BCUT2D eigenvalue weighted by molar-refractivity contribution is -0.142. The van der Waals surface area contributed by atoms with Crippen molar-refractivity contribution in [3.05, 3.63) is 76.5 Å². The van der Waals surface area contributed by atoms with Crippen LogP contribution in [0.1, 0.15) is 48.6 Å². The van der Waals surface area contributed by atoms with Gasteiger partial charge in [0.15, 0.2) is 17.3 Å². The fourth-order valence-corrected chi connectivity index (χ4v) is 5.33. The van der Waals surface area contributed by atoms with E-state index in [1.807, 2.05) is 19.1 Å². The highest BCUT2D eigenvalue weighted by Crippen LogP contribution is 2.34. The predicted octanol–water partition coefficient (Wildman–Crippen LogP) is 4.45. The van der Waals surface area contributed by atoms with Gasteiger partial charge in [0.25, 0.3) is 0 Å². The highest BCUT2D eigenvalue weighted by Gasteiger charge is 2.34. The third kappa shape index (κ3) is 6.04. The molecule has 0 radical (unpaired) electrons. The van der Waals surface area contributed by atoms with Crippen molar-refractivity contribution in [1.29, 1.82) is 0 Å². The maximum absolute atomic E-state index is 14.0. The summed E-state index contributed by atoms with van der Waals surface area (Å²) in [6, 6.07) is 15.1. The molecule has 1 saturated carbocycles. The molecule has 3 heterocycles. The molecule has 11 nitrogen and oxygen atoms in total. The molecule has 4 aromatic rings. The standard InChI is InChI=1S/C29H29ClN6O5/c1-18-6-12-24(41-18)28-32-34-36(33-28)16-26(37)35(15-19-7-13-23-25(14-19)40-17-39-23)27(20-8-10-21(30)11-9-20)29(38)31-22-4-2-3-5-22/h6-14,22,27H,2-5,15-17H2,1H3,(H,31,38). The van der Waals surface area contributed by atoms with Crippen molar-refractivity contribution in [2.24, 2.45) is 0 Å². The molecule has 1 aliphatic carbocycles. The number of ether oxygens (including phenoxy) is 2. The van der Waals surface area contributed by atoms with Crippen molar-refractivity contribution in [3.63, 3.8) is 0 Å². The number of hydrogen-bond acceptors (Lipinski definition) is 8. The fraction of sp³-hybridized carbons (Fsp3) is 0.345. The van der Waals surface area contributed by atoms with Gasteiger partial charge in [0.1, 0.15) is 18.3 Å². The second-order valence-electron chi connectivity index (χ2n) is 10.2. The largest absolute Gasteiger partial charge is 0.458 e. The van der Waals surface area contributed by atoms with Crippen molar-refractivity contribution in [2.45, 2.75) is 57.8 Å². The maximum atomic E-state index is 14.0.